The first-order valence-electron chi connectivity index (χ1n) is 2.76. The molecule has 0 fully saturated rings. The van der Waals surface area contributed by atoms with Gasteiger partial charge in [0.25, 0.3) is 0 Å². The lowest BCUT2D eigenvalue weighted by molar-refractivity contribution is 0.582. The fraction of sp³-hybridized carbons (Fsp3) is 0.286. The molecule has 9 heavy (non-hydrogen) atoms. The zero-order valence-electron chi connectivity index (χ0n) is 5.75. The van der Waals surface area contributed by atoms with Gasteiger partial charge in [0.05, 0.1) is 6.34 Å². The SMILES string of the molecule is C=CCN(C)C=NC=C. The van der Waals surface area contributed by atoms with Crippen LogP contribution in [0.5, 0.6) is 0 Å². The molecule has 0 N–H and O–H groups in total. The average molecular weight is 124 g/mol. The summed E-state index contributed by atoms with van der Waals surface area (Å²) in [5, 5.41) is 0. The second-order valence-electron chi connectivity index (χ2n) is 1.68. The second-order valence-corrected chi connectivity index (χ2v) is 1.68. The smallest absolute Gasteiger partial charge is 0.0904 e. The van der Waals surface area contributed by atoms with Crippen molar-refractivity contribution in [2.75, 3.05) is 13.6 Å². The van der Waals surface area contributed by atoms with Crippen molar-refractivity contribution in [3.63, 3.8) is 0 Å². The highest BCUT2D eigenvalue weighted by Crippen LogP contribution is 1.76. The summed E-state index contributed by atoms with van der Waals surface area (Å²) in [6, 6.07) is 0. The Morgan fingerprint density at radius 2 is 2.22 bits per heavy atom. The second kappa shape index (κ2) is 5.09. The number of rotatable bonds is 4. The summed E-state index contributed by atoms with van der Waals surface area (Å²) in [6.07, 6.45) is 5.02. The summed E-state index contributed by atoms with van der Waals surface area (Å²) in [4.78, 5) is 5.72. The number of hydrogen-bond donors (Lipinski definition) is 0. The van der Waals surface area contributed by atoms with Gasteiger partial charge in [-0.1, -0.05) is 12.7 Å². The van der Waals surface area contributed by atoms with E-state index in [2.05, 4.69) is 18.2 Å². The normalized spacial score (nSPS) is 9.44. The van der Waals surface area contributed by atoms with E-state index < -0.39 is 0 Å². The summed E-state index contributed by atoms with van der Waals surface area (Å²) in [5.41, 5.74) is 0. The molecule has 0 unspecified atom stereocenters. The molecule has 0 aliphatic carbocycles. The molecule has 0 aromatic rings. The molecule has 0 aromatic carbocycles. The molecule has 0 spiro atoms. The average Bonchev–Trinajstić information content (AvgIpc) is 1.85. The lowest BCUT2D eigenvalue weighted by Crippen LogP contribution is -2.14. The predicted molar refractivity (Wildman–Crippen MR) is 41.5 cm³/mol. The Kier molecular flexibility index (Phi) is 4.50. The molecular formula is C7H12N2. The van der Waals surface area contributed by atoms with Gasteiger partial charge in [0.15, 0.2) is 0 Å². The first-order chi connectivity index (χ1) is 4.31. The molecule has 50 valence electrons. The van der Waals surface area contributed by atoms with Crippen LogP contribution < -0.4 is 0 Å². The zero-order valence-corrected chi connectivity index (χ0v) is 5.75. The highest BCUT2D eigenvalue weighted by atomic mass is 15.1. The Morgan fingerprint density at radius 3 is 2.67 bits per heavy atom. The van der Waals surface area contributed by atoms with Crippen molar-refractivity contribution in [2.24, 2.45) is 4.99 Å². The van der Waals surface area contributed by atoms with Crippen molar-refractivity contribution < 1.29 is 0 Å². The van der Waals surface area contributed by atoms with Crippen LogP contribution in [0.15, 0.2) is 30.4 Å². The van der Waals surface area contributed by atoms with E-state index in [1.165, 1.54) is 6.20 Å². The quantitative estimate of drug-likeness (QED) is 0.313. The molecule has 2 nitrogen and oxygen atoms in total. The Bertz CT molecular complexity index is 116. The molecule has 0 amide bonds. The minimum Gasteiger partial charge on any atom is -0.362 e. The highest BCUT2D eigenvalue weighted by molar-refractivity contribution is 5.55. The van der Waals surface area contributed by atoms with E-state index in [9.17, 15) is 0 Å². The minimum atomic E-state index is 0.817. The molecule has 0 heterocycles. The topological polar surface area (TPSA) is 15.6 Å². The van der Waals surface area contributed by atoms with Crippen molar-refractivity contribution in [3.05, 3.63) is 25.4 Å². The molecular weight excluding hydrogens is 112 g/mol. The van der Waals surface area contributed by atoms with E-state index in [-0.39, 0.29) is 0 Å². The molecule has 0 rings (SSSR count). The summed E-state index contributed by atoms with van der Waals surface area (Å²) < 4.78 is 0. The van der Waals surface area contributed by atoms with Gasteiger partial charge in [0, 0.05) is 19.8 Å². The lowest BCUT2D eigenvalue weighted by Gasteiger charge is -2.06. The summed E-state index contributed by atoms with van der Waals surface area (Å²) >= 11 is 0. The largest absolute Gasteiger partial charge is 0.362 e. The molecule has 0 aliphatic rings. The monoisotopic (exact) mass is 124 g/mol. The van der Waals surface area contributed by atoms with Crippen LogP contribution in [-0.2, 0) is 0 Å². The van der Waals surface area contributed by atoms with Crippen LogP contribution in [0.2, 0.25) is 0 Å². The fourth-order valence-corrected chi connectivity index (χ4v) is 0.412. The standard InChI is InChI=1S/C7H12N2/c1-4-6-9(3)7-8-5-2/h4-5,7H,1-2,6H2,3H3. The van der Waals surface area contributed by atoms with E-state index in [0.29, 0.717) is 0 Å². The summed E-state index contributed by atoms with van der Waals surface area (Å²) in [5.74, 6) is 0. The summed E-state index contributed by atoms with van der Waals surface area (Å²) in [7, 11) is 1.93. The Balaban J connectivity index is 3.47. The van der Waals surface area contributed by atoms with E-state index in [0.717, 1.165) is 6.54 Å². The number of likely N-dealkylation sites (N-methyl/N-ethyl adjacent to an activating group) is 1. The van der Waals surface area contributed by atoms with Gasteiger partial charge >= 0.3 is 0 Å². The van der Waals surface area contributed by atoms with Gasteiger partial charge in [-0.2, -0.15) is 0 Å². The molecule has 0 radical (unpaired) electrons. The van der Waals surface area contributed by atoms with E-state index in [4.69, 9.17) is 0 Å². The number of aliphatic imine (C=N–C) groups is 1. The zero-order chi connectivity index (χ0) is 7.11. The fourth-order valence-electron chi connectivity index (χ4n) is 0.412. The Morgan fingerprint density at radius 1 is 1.56 bits per heavy atom. The van der Waals surface area contributed by atoms with Crippen molar-refractivity contribution in [1.29, 1.82) is 0 Å². The maximum absolute atomic E-state index is 3.81. The third-order valence-corrected chi connectivity index (χ3v) is 0.786. The van der Waals surface area contributed by atoms with Gasteiger partial charge in [-0.15, -0.1) is 6.58 Å². The third-order valence-electron chi connectivity index (χ3n) is 0.786. The minimum absolute atomic E-state index is 0.817. The van der Waals surface area contributed by atoms with Gasteiger partial charge in [0.1, 0.15) is 0 Å². The first kappa shape index (κ1) is 7.95. The number of nitrogens with zero attached hydrogens (tertiary/aromatic N) is 2. The van der Waals surface area contributed by atoms with Crippen LogP contribution in [0.3, 0.4) is 0 Å². The highest BCUT2D eigenvalue weighted by Gasteiger charge is 1.81. The van der Waals surface area contributed by atoms with Crippen LogP contribution in [-0.4, -0.2) is 24.8 Å². The first-order valence-corrected chi connectivity index (χ1v) is 2.76. The van der Waals surface area contributed by atoms with Gasteiger partial charge in [0.2, 0.25) is 0 Å². The Hall–Kier alpha value is -1.05. The van der Waals surface area contributed by atoms with Crippen LogP contribution in [0.1, 0.15) is 0 Å². The third kappa shape index (κ3) is 4.81. The van der Waals surface area contributed by atoms with Gasteiger partial charge in [-0.25, -0.2) is 4.99 Å². The van der Waals surface area contributed by atoms with Crippen molar-refractivity contribution in [1.82, 2.24) is 4.90 Å². The summed E-state index contributed by atoms with van der Waals surface area (Å²) in [6.45, 7) is 7.84. The van der Waals surface area contributed by atoms with Gasteiger partial charge in [-0.05, 0) is 0 Å². The molecule has 0 aromatic heterocycles. The van der Waals surface area contributed by atoms with Crippen molar-refractivity contribution in [3.8, 4) is 0 Å². The molecule has 2 heteroatoms. The van der Waals surface area contributed by atoms with Crippen LogP contribution in [0, 0.1) is 0 Å². The predicted octanol–water partition coefficient (Wildman–Crippen LogP) is 1.28. The molecule has 0 aliphatic heterocycles. The van der Waals surface area contributed by atoms with E-state index in [1.54, 1.807) is 6.34 Å². The molecule has 0 saturated carbocycles. The number of hydrogen-bond acceptors (Lipinski definition) is 1. The van der Waals surface area contributed by atoms with Crippen molar-refractivity contribution in [2.45, 2.75) is 0 Å². The lowest BCUT2D eigenvalue weighted by atomic mass is 10.6. The van der Waals surface area contributed by atoms with Crippen LogP contribution in [0.25, 0.3) is 0 Å². The molecule has 0 saturated heterocycles. The van der Waals surface area contributed by atoms with E-state index >= 15 is 0 Å². The maximum atomic E-state index is 3.81. The van der Waals surface area contributed by atoms with Gasteiger partial charge in [-0.3, -0.25) is 0 Å². The van der Waals surface area contributed by atoms with Gasteiger partial charge < -0.3 is 4.90 Å². The maximum Gasteiger partial charge on any atom is 0.0904 e. The van der Waals surface area contributed by atoms with E-state index in [1.807, 2.05) is 18.0 Å². The Labute approximate surface area is 56.2 Å². The molecule has 0 atom stereocenters. The molecule has 0 bridgehead atoms. The van der Waals surface area contributed by atoms with Crippen LogP contribution >= 0.6 is 0 Å². The van der Waals surface area contributed by atoms with Crippen molar-refractivity contribution >= 4 is 6.34 Å². The van der Waals surface area contributed by atoms with Crippen LogP contribution in [0.4, 0.5) is 0 Å².